The minimum Gasteiger partial charge on any atom is -0.342 e. The van der Waals surface area contributed by atoms with Crippen LogP contribution in [0.2, 0.25) is 0 Å². The summed E-state index contributed by atoms with van der Waals surface area (Å²) in [6.45, 7) is 12.6. The second kappa shape index (κ2) is 7.71. The normalized spacial score (nSPS) is 27.0. The fourth-order valence-corrected chi connectivity index (χ4v) is 6.03. The number of piperidine rings is 1. The zero-order valence-electron chi connectivity index (χ0n) is 18.1. The largest absolute Gasteiger partial charge is 0.342 e. The molecule has 1 aromatic rings. The molecule has 6 nitrogen and oxygen atoms in total. The smallest absolute Gasteiger partial charge is 0.272 e. The number of likely N-dealkylation sites (tertiary alicyclic amines) is 3. The molecule has 2 spiro atoms. The van der Waals surface area contributed by atoms with Crippen LogP contribution in [-0.4, -0.2) is 77.3 Å². The van der Waals surface area contributed by atoms with Gasteiger partial charge in [0.1, 0.15) is 5.69 Å². The van der Waals surface area contributed by atoms with Crippen molar-refractivity contribution in [3.05, 3.63) is 30.1 Å². The Balaban J connectivity index is 1.55. The number of carbonyl (C=O) groups excluding carboxylic acids is 2. The lowest BCUT2D eigenvalue weighted by molar-refractivity contribution is -0.141. The first-order valence-electron chi connectivity index (χ1n) is 11.1. The van der Waals surface area contributed by atoms with Crippen LogP contribution in [0.3, 0.4) is 0 Å². The van der Waals surface area contributed by atoms with E-state index in [1.54, 1.807) is 12.3 Å². The topological polar surface area (TPSA) is 56.8 Å². The van der Waals surface area contributed by atoms with Gasteiger partial charge in [0.15, 0.2) is 0 Å². The number of amides is 2. The van der Waals surface area contributed by atoms with Gasteiger partial charge in [-0.25, -0.2) is 0 Å². The lowest BCUT2D eigenvalue weighted by atomic mass is 9.60. The minimum atomic E-state index is -0.266. The van der Waals surface area contributed by atoms with E-state index in [-0.39, 0.29) is 16.7 Å². The van der Waals surface area contributed by atoms with E-state index in [1.807, 2.05) is 21.9 Å². The van der Waals surface area contributed by atoms with Gasteiger partial charge in [0.25, 0.3) is 5.91 Å². The van der Waals surface area contributed by atoms with Gasteiger partial charge in [-0.15, -0.1) is 0 Å². The summed E-state index contributed by atoms with van der Waals surface area (Å²) in [5.74, 6) is 0.960. The third kappa shape index (κ3) is 3.35. The van der Waals surface area contributed by atoms with E-state index < -0.39 is 0 Å². The van der Waals surface area contributed by atoms with Crippen LogP contribution in [0.5, 0.6) is 0 Å². The molecule has 1 atom stereocenters. The minimum absolute atomic E-state index is 0.0101. The molecule has 0 radical (unpaired) electrons. The quantitative estimate of drug-likeness (QED) is 0.782. The molecule has 3 aliphatic rings. The number of hydrogen-bond acceptors (Lipinski definition) is 4. The zero-order valence-corrected chi connectivity index (χ0v) is 18.1. The van der Waals surface area contributed by atoms with Gasteiger partial charge in [-0.05, 0) is 44.2 Å². The molecule has 6 heteroatoms. The Labute approximate surface area is 174 Å². The van der Waals surface area contributed by atoms with Crippen LogP contribution in [0, 0.1) is 16.7 Å². The van der Waals surface area contributed by atoms with Crippen LogP contribution < -0.4 is 0 Å². The van der Waals surface area contributed by atoms with E-state index in [2.05, 4.69) is 30.7 Å². The van der Waals surface area contributed by atoms with Gasteiger partial charge in [-0.1, -0.05) is 19.9 Å². The fraction of sp³-hybridized carbons (Fsp3) is 0.696. The molecule has 1 unspecified atom stereocenters. The van der Waals surface area contributed by atoms with Crippen molar-refractivity contribution in [2.75, 3.05) is 45.8 Å². The van der Waals surface area contributed by atoms with Crippen LogP contribution >= 0.6 is 0 Å². The molecule has 2 amide bonds. The van der Waals surface area contributed by atoms with Crippen molar-refractivity contribution in [1.82, 2.24) is 19.7 Å². The Hall–Kier alpha value is -1.95. The molecular weight excluding hydrogens is 364 g/mol. The molecule has 0 saturated carbocycles. The number of rotatable bonds is 4. The summed E-state index contributed by atoms with van der Waals surface area (Å²) in [4.78, 5) is 37.1. The van der Waals surface area contributed by atoms with Gasteiger partial charge < -0.3 is 14.7 Å². The summed E-state index contributed by atoms with van der Waals surface area (Å²) < 4.78 is 0. The van der Waals surface area contributed by atoms with Crippen molar-refractivity contribution in [2.45, 2.75) is 40.0 Å². The Morgan fingerprint density at radius 3 is 2.48 bits per heavy atom. The van der Waals surface area contributed by atoms with Crippen LogP contribution in [-0.2, 0) is 4.79 Å². The van der Waals surface area contributed by atoms with Crippen molar-refractivity contribution < 1.29 is 9.59 Å². The lowest BCUT2D eigenvalue weighted by Crippen LogP contribution is -2.53. The first kappa shape index (κ1) is 20.3. The maximum absolute atomic E-state index is 13.5. The predicted molar refractivity (Wildman–Crippen MR) is 112 cm³/mol. The molecule has 0 aromatic carbocycles. The number of aromatic nitrogens is 1. The van der Waals surface area contributed by atoms with Gasteiger partial charge >= 0.3 is 0 Å². The number of nitrogens with zero attached hydrogens (tertiary/aromatic N) is 4. The lowest BCUT2D eigenvalue weighted by Gasteiger charge is -2.47. The highest BCUT2D eigenvalue weighted by Crippen LogP contribution is 2.57. The van der Waals surface area contributed by atoms with Gasteiger partial charge in [-0.2, -0.15) is 0 Å². The highest BCUT2D eigenvalue weighted by molar-refractivity contribution is 5.92. The van der Waals surface area contributed by atoms with Crippen LogP contribution in [0.4, 0.5) is 0 Å². The summed E-state index contributed by atoms with van der Waals surface area (Å²) >= 11 is 0. The van der Waals surface area contributed by atoms with Crippen molar-refractivity contribution in [2.24, 2.45) is 16.7 Å². The molecule has 3 aliphatic heterocycles. The summed E-state index contributed by atoms with van der Waals surface area (Å²) in [7, 11) is 0. The second-order valence-electron chi connectivity index (χ2n) is 9.57. The van der Waals surface area contributed by atoms with E-state index in [9.17, 15) is 9.59 Å². The Morgan fingerprint density at radius 2 is 1.90 bits per heavy atom. The Morgan fingerprint density at radius 1 is 1.14 bits per heavy atom. The molecule has 4 rings (SSSR count). The Bertz CT molecular complexity index is 757. The third-order valence-corrected chi connectivity index (χ3v) is 7.44. The summed E-state index contributed by atoms with van der Waals surface area (Å²) in [5, 5.41) is 0. The number of fused-ring (bicyclic) bond motifs is 1. The van der Waals surface area contributed by atoms with Crippen LogP contribution in [0.15, 0.2) is 24.4 Å². The monoisotopic (exact) mass is 398 g/mol. The number of carbonyl (C=O) groups is 2. The van der Waals surface area contributed by atoms with E-state index in [4.69, 9.17) is 0 Å². The summed E-state index contributed by atoms with van der Waals surface area (Å²) in [5.41, 5.74) is 0.238. The maximum atomic E-state index is 13.5. The summed E-state index contributed by atoms with van der Waals surface area (Å²) in [6.07, 6.45) is 4.44. The van der Waals surface area contributed by atoms with Gasteiger partial charge in [-0.3, -0.25) is 14.6 Å². The SMILES string of the molecule is CCN1CCC2(CN(CC(C)C)CC23CCN(C(=O)c2ccccn2)CC3)C1=O. The van der Waals surface area contributed by atoms with Crippen molar-refractivity contribution in [3.63, 3.8) is 0 Å². The first-order chi connectivity index (χ1) is 13.9. The average molecular weight is 399 g/mol. The average Bonchev–Trinajstić information content (AvgIpc) is 3.20. The van der Waals surface area contributed by atoms with Gasteiger partial charge in [0.05, 0.1) is 5.41 Å². The van der Waals surface area contributed by atoms with Gasteiger partial charge in [0.2, 0.25) is 5.91 Å². The van der Waals surface area contributed by atoms with E-state index in [0.29, 0.717) is 30.6 Å². The Kier molecular flexibility index (Phi) is 5.40. The fourth-order valence-electron chi connectivity index (χ4n) is 6.03. The highest BCUT2D eigenvalue weighted by atomic mass is 16.2. The zero-order chi connectivity index (χ0) is 20.6. The van der Waals surface area contributed by atoms with Crippen molar-refractivity contribution in [3.8, 4) is 0 Å². The molecule has 4 heterocycles. The third-order valence-electron chi connectivity index (χ3n) is 7.44. The second-order valence-corrected chi connectivity index (χ2v) is 9.57. The molecule has 0 bridgehead atoms. The number of hydrogen-bond donors (Lipinski definition) is 0. The van der Waals surface area contributed by atoms with Crippen LogP contribution in [0.1, 0.15) is 50.5 Å². The standard InChI is InChI=1S/C23H34N4O2/c1-4-26-14-10-23(21(26)29)17-25(15-18(2)3)16-22(23)8-12-27(13-9-22)20(28)19-7-5-6-11-24-19/h5-7,11,18H,4,8-10,12-17H2,1-3H3. The maximum Gasteiger partial charge on any atom is 0.272 e. The molecule has 1 aromatic heterocycles. The van der Waals surface area contributed by atoms with Crippen molar-refractivity contribution >= 4 is 11.8 Å². The van der Waals surface area contributed by atoms with Crippen LogP contribution in [0.25, 0.3) is 0 Å². The first-order valence-corrected chi connectivity index (χ1v) is 11.1. The van der Waals surface area contributed by atoms with Crippen molar-refractivity contribution in [1.29, 1.82) is 0 Å². The van der Waals surface area contributed by atoms with E-state index >= 15 is 0 Å². The molecule has 0 N–H and O–H groups in total. The molecular formula is C23H34N4O2. The summed E-state index contributed by atoms with van der Waals surface area (Å²) in [6, 6.07) is 5.48. The number of pyridine rings is 1. The molecule has 0 aliphatic carbocycles. The molecule has 3 fully saturated rings. The highest BCUT2D eigenvalue weighted by Gasteiger charge is 2.64. The molecule has 29 heavy (non-hydrogen) atoms. The van der Waals surface area contributed by atoms with E-state index in [1.165, 1.54) is 0 Å². The predicted octanol–water partition coefficient (Wildman–Crippen LogP) is 2.51. The molecule has 158 valence electrons. The van der Waals surface area contributed by atoms with Gasteiger partial charge in [0, 0.05) is 57.4 Å². The molecule has 3 saturated heterocycles. The van der Waals surface area contributed by atoms with E-state index in [0.717, 1.165) is 52.0 Å².